The number of nitrogens with zero attached hydrogens (tertiary/aromatic N) is 2. The molecule has 1 saturated carbocycles. The zero-order valence-corrected chi connectivity index (χ0v) is 11.6. The summed E-state index contributed by atoms with van der Waals surface area (Å²) in [6.07, 6.45) is 3.58. The summed E-state index contributed by atoms with van der Waals surface area (Å²) in [5, 5.41) is 0. The van der Waals surface area contributed by atoms with Gasteiger partial charge in [-0.3, -0.25) is 0 Å². The van der Waals surface area contributed by atoms with Crippen molar-refractivity contribution in [1.29, 1.82) is 0 Å². The fourth-order valence-electron chi connectivity index (χ4n) is 1.98. The second-order valence-corrected chi connectivity index (χ2v) is 5.63. The van der Waals surface area contributed by atoms with Crippen molar-refractivity contribution in [2.45, 2.75) is 24.9 Å². The Bertz CT molecular complexity index is 474. The molecular weight excluding hydrogens is 280 g/mol. The van der Waals surface area contributed by atoms with E-state index in [9.17, 15) is 4.79 Å². The molecule has 0 spiro atoms. The van der Waals surface area contributed by atoms with Crippen LogP contribution in [0.4, 0.5) is 0 Å². The van der Waals surface area contributed by atoms with Crippen LogP contribution in [0.2, 0.25) is 0 Å². The quantitative estimate of drug-likeness (QED) is 0.632. The van der Waals surface area contributed by atoms with E-state index >= 15 is 0 Å². The average Bonchev–Trinajstić information content (AvgIpc) is 3.02. The molecule has 0 heterocycles. The first kappa shape index (κ1) is 12.5. The maximum atomic E-state index is 10.4. The normalized spacial score (nSPS) is 16.7. The molecule has 0 atom stereocenters. The molecule has 0 aromatic heterocycles. The summed E-state index contributed by atoms with van der Waals surface area (Å²) >= 11 is 3.58. The molecule has 1 aliphatic carbocycles. The van der Waals surface area contributed by atoms with Crippen LogP contribution in [-0.4, -0.2) is 25.1 Å². The lowest BCUT2D eigenvalue weighted by Gasteiger charge is -2.14. The van der Waals surface area contributed by atoms with Crippen LogP contribution in [0.3, 0.4) is 0 Å². The van der Waals surface area contributed by atoms with Crippen LogP contribution in [0.1, 0.15) is 24.0 Å². The standard InChI is InChI=1S/C13H15BrN2O/c1-16(2)8-10-3-4-11(7-12(10)14)13(5-6-13)15-9-17/h3-4,7H,5-6,8H2,1-2H3. The number of isocyanates is 1. The highest BCUT2D eigenvalue weighted by molar-refractivity contribution is 9.10. The zero-order valence-electron chi connectivity index (χ0n) is 10.0. The molecule has 0 radical (unpaired) electrons. The third-order valence-electron chi connectivity index (χ3n) is 3.06. The van der Waals surface area contributed by atoms with Crippen LogP contribution in [-0.2, 0) is 16.9 Å². The van der Waals surface area contributed by atoms with Crippen molar-refractivity contribution in [3.8, 4) is 0 Å². The summed E-state index contributed by atoms with van der Waals surface area (Å²) in [6, 6.07) is 6.24. The Hall–Kier alpha value is -0.960. The Morgan fingerprint density at radius 2 is 2.18 bits per heavy atom. The summed E-state index contributed by atoms with van der Waals surface area (Å²) < 4.78 is 1.08. The Morgan fingerprint density at radius 3 is 2.65 bits per heavy atom. The Labute approximate surface area is 110 Å². The van der Waals surface area contributed by atoms with E-state index in [4.69, 9.17) is 0 Å². The van der Waals surface area contributed by atoms with Crippen LogP contribution in [0.15, 0.2) is 27.7 Å². The van der Waals surface area contributed by atoms with E-state index in [1.165, 1.54) is 5.56 Å². The number of benzene rings is 1. The third-order valence-corrected chi connectivity index (χ3v) is 3.80. The highest BCUT2D eigenvalue weighted by atomic mass is 79.9. The van der Waals surface area contributed by atoms with Gasteiger partial charge in [0.1, 0.15) is 0 Å². The SMILES string of the molecule is CN(C)Cc1ccc(C2(N=C=O)CC2)cc1Br. The first-order valence-corrected chi connectivity index (χ1v) is 6.39. The molecule has 0 bridgehead atoms. The lowest BCUT2D eigenvalue weighted by atomic mass is 10.0. The molecule has 0 aliphatic heterocycles. The molecule has 0 unspecified atom stereocenters. The van der Waals surface area contributed by atoms with Crippen molar-refractivity contribution >= 4 is 22.0 Å². The molecule has 90 valence electrons. The van der Waals surface area contributed by atoms with Gasteiger partial charge >= 0.3 is 0 Å². The Morgan fingerprint density at radius 1 is 1.47 bits per heavy atom. The van der Waals surface area contributed by atoms with Crippen molar-refractivity contribution < 1.29 is 4.79 Å². The number of rotatable bonds is 4. The fourth-order valence-corrected chi connectivity index (χ4v) is 2.48. The number of hydrogen-bond donors (Lipinski definition) is 0. The predicted molar refractivity (Wildman–Crippen MR) is 70.6 cm³/mol. The molecule has 0 N–H and O–H groups in total. The van der Waals surface area contributed by atoms with E-state index < -0.39 is 0 Å². The maximum absolute atomic E-state index is 10.4. The lowest BCUT2D eigenvalue weighted by Crippen LogP contribution is -2.11. The van der Waals surface area contributed by atoms with E-state index in [-0.39, 0.29) is 5.54 Å². The van der Waals surface area contributed by atoms with Crippen molar-refractivity contribution in [1.82, 2.24) is 4.90 Å². The highest BCUT2D eigenvalue weighted by Crippen LogP contribution is 2.49. The second kappa shape index (κ2) is 4.73. The third kappa shape index (κ3) is 2.65. The number of aliphatic imine (C=N–C) groups is 1. The maximum Gasteiger partial charge on any atom is 0.235 e. The van der Waals surface area contributed by atoms with Gasteiger partial charge in [-0.2, -0.15) is 4.99 Å². The van der Waals surface area contributed by atoms with Crippen LogP contribution in [0, 0.1) is 0 Å². The van der Waals surface area contributed by atoms with Gasteiger partial charge in [-0.15, -0.1) is 0 Å². The van der Waals surface area contributed by atoms with Crippen LogP contribution in [0.25, 0.3) is 0 Å². The van der Waals surface area contributed by atoms with Gasteiger partial charge in [0.25, 0.3) is 0 Å². The van der Waals surface area contributed by atoms with Gasteiger partial charge in [0.2, 0.25) is 6.08 Å². The van der Waals surface area contributed by atoms with Crippen LogP contribution >= 0.6 is 15.9 Å². The molecule has 1 aliphatic rings. The molecule has 0 amide bonds. The molecule has 1 fully saturated rings. The van der Waals surface area contributed by atoms with Gasteiger partial charge in [0.05, 0.1) is 5.54 Å². The zero-order chi connectivity index (χ0) is 12.5. The second-order valence-electron chi connectivity index (χ2n) is 4.78. The van der Waals surface area contributed by atoms with Crippen molar-refractivity contribution in [3.05, 3.63) is 33.8 Å². The van der Waals surface area contributed by atoms with Crippen LogP contribution < -0.4 is 0 Å². The van der Waals surface area contributed by atoms with Gasteiger partial charge in [0, 0.05) is 11.0 Å². The predicted octanol–water partition coefficient (Wildman–Crippen LogP) is 2.84. The van der Waals surface area contributed by atoms with Gasteiger partial charge in [0.15, 0.2) is 0 Å². The minimum Gasteiger partial charge on any atom is -0.305 e. The average molecular weight is 295 g/mol. The largest absolute Gasteiger partial charge is 0.305 e. The Balaban J connectivity index is 2.28. The van der Waals surface area contributed by atoms with E-state index in [1.54, 1.807) is 6.08 Å². The summed E-state index contributed by atoms with van der Waals surface area (Å²) in [4.78, 5) is 16.5. The van der Waals surface area contributed by atoms with E-state index in [0.717, 1.165) is 29.4 Å². The first-order valence-electron chi connectivity index (χ1n) is 5.60. The fraction of sp³-hybridized carbons (Fsp3) is 0.462. The molecule has 1 aromatic rings. The summed E-state index contributed by atoms with van der Waals surface area (Å²) in [5.74, 6) is 0. The molecule has 1 aromatic carbocycles. The highest BCUT2D eigenvalue weighted by Gasteiger charge is 2.44. The van der Waals surface area contributed by atoms with Crippen LogP contribution in [0.5, 0.6) is 0 Å². The van der Waals surface area contributed by atoms with Crippen molar-refractivity contribution in [3.63, 3.8) is 0 Å². The first-order chi connectivity index (χ1) is 8.07. The summed E-state index contributed by atoms with van der Waals surface area (Å²) in [6.45, 7) is 0.894. The van der Waals surface area contributed by atoms with Gasteiger partial charge in [-0.1, -0.05) is 28.1 Å². The minimum absolute atomic E-state index is 0.277. The van der Waals surface area contributed by atoms with Gasteiger partial charge in [-0.05, 0) is 44.1 Å². The van der Waals surface area contributed by atoms with Crippen molar-refractivity contribution in [2.24, 2.45) is 4.99 Å². The number of carbonyl (C=O) groups excluding carboxylic acids is 1. The molecule has 17 heavy (non-hydrogen) atoms. The van der Waals surface area contributed by atoms with Gasteiger partial charge in [-0.25, -0.2) is 4.79 Å². The number of halogens is 1. The monoisotopic (exact) mass is 294 g/mol. The molecule has 4 heteroatoms. The Kier molecular flexibility index (Phi) is 3.48. The van der Waals surface area contributed by atoms with Crippen molar-refractivity contribution in [2.75, 3.05) is 14.1 Å². The van der Waals surface area contributed by atoms with E-state index in [1.807, 2.05) is 14.1 Å². The van der Waals surface area contributed by atoms with E-state index in [0.29, 0.717) is 0 Å². The number of hydrogen-bond acceptors (Lipinski definition) is 3. The molecule has 2 rings (SSSR count). The smallest absolute Gasteiger partial charge is 0.235 e. The molecule has 0 saturated heterocycles. The summed E-state index contributed by atoms with van der Waals surface area (Å²) in [5.41, 5.74) is 2.07. The molecule has 3 nitrogen and oxygen atoms in total. The summed E-state index contributed by atoms with van der Waals surface area (Å²) in [7, 11) is 4.08. The van der Waals surface area contributed by atoms with Gasteiger partial charge < -0.3 is 4.90 Å². The molecular formula is C13H15BrN2O. The topological polar surface area (TPSA) is 32.7 Å². The lowest BCUT2D eigenvalue weighted by molar-refractivity contribution is 0.401. The minimum atomic E-state index is -0.277. The van der Waals surface area contributed by atoms with E-state index in [2.05, 4.69) is 44.0 Å².